The highest BCUT2D eigenvalue weighted by Gasteiger charge is 2.53. The van der Waals surface area contributed by atoms with Crippen LogP contribution in [0.25, 0.3) is 32.9 Å². The van der Waals surface area contributed by atoms with Gasteiger partial charge >= 0.3 is 6.01 Å². The molecule has 2 aromatic carbocycles. The Kier molecular flexibility index (Phi) is 6.36. The molecule has 2 aromatic heterocycles. The molecular formula is C36H34F3N5O3. The molecule has 5 aliphatic rings. The average molecular weight is 642 g/mol. The molecule has 11 heteroatoms. The van der Waals surface area contributed by atoms with E-state index in [-0.39, 0.29) is 58.0 Å². The van der Waals surface area contributed by atoms with Crippen LogP contribution in [0.5, 0.6) is 17.6 Å². The maximum atomic E-state index is 17.1. The number of hydrogen-bond donors (Lipinski definition) is 1. The Morgan fingerprint density at radius 2 is 1.91 bits per heavy atom. The number of phenols is 1. The van der Waals surface area contributed by atoms with Crippen molar-refractivity contribution in [3.63, 3.8) is 0 Å². The summed E-state index contributed by atoms with van der Waals surface area (Å²) in [5.41, 5.74) is -1.12. The van der Waals surface area contributed by atoms with Gasteiger partial charge in [-0.3, -0.25) is 4.90 Å². The van der Waals surface area contributed by atoms with Gasteiger partial charge in [-0.05, 0) is 81.5 Å². The summed E-state index contributed by atoms with van der Waals surface area (Å²) in [6.45, 7) is 2.10. The summed E-state index contributed by atoms with van der Waals surface area (Å²) >= 11 is 0. The molecule has 0 radical (unpaired) electrons. The molecule has 4 aliphatic heterocycles. The number of rotatable bonds is 4. The van der Waals surface area contributed by atoms with Gasteiger partial charge in [0.2, 0.25) is 5.88 Å². The number of anilines is 1. The van der Waals surface area contributed by atoms with Crippen molar-refractivity contribution in [2.24, 2.45) is 0 Å². The van der Waals surface area contributed by atoms with E-state index in [1.807, 2.05) is 0 Å². The third kappa shape index (κ3) is 4.23. The molecule has 1 spiro atoms. The fraction of sp³-hybridized carbons (Fsp3) is 0.472. The van der Waals surface area contributed by atoms with E-state index < -0.39 is 28.9 Å². The van der Waals surface area contributed by atoms with Gasteiger partial charge in [0.1, 0.15) is 52.4 Å². The summed E-state index contributed by atoms with van der Waals surface area (Å²) in [6.07, 6.45) is 12.5. The van der Waals surface area contributed by atoms with Crippen molar-refractivity contribution < 1.29 is 27.8 Å². The Morgan fingerprint density at radius 3 is 2.72 bits per heavy atom. The minimum atomic E-state index is -0.922. The van der Waals surface area contributed by atoms with Gasteiger partial charge in [0.15, 0.2) is 5.82 Å². The van der Waals surface area contributed by atoms with Crippen LogP contribution in [0.2, 0.25) is 0 Å². The predicted octanol–water partition coefficient (Wildman–Crippen LogP) is 6.44. The summed E-state index contributed by atoms with van der Waals surface area (Å²) in [6, 6.07) is 5.51. The first-order valence-electron chi connectivity index (χ1n) is 16.6. The number of ether oxygens (including phenoxy) is 2. The van der Waals surface area contributed by atoms with Gasteiger partial charge in [-0.1, -0.05) is 12.0 Å². The molecule has 8 nitrogen and oxygen atoms in total. The predicted molar refractivity (Wildman–Crippen MR) is 171 cm³/mol. The zero-order valence-electron chi connectivity index (χ0n) is 25.9. The van der Waals surface area contributed by atoms with E-state index in [4.69, 9.17) is 25.9 Å². The summed E-state index contributed by atoms with van der Waals surface area (Å²) in [5, 5.41) is 11.7. The smallest absolute Gasteiger partial charge is 0.319 e. The van der Waals surface area contributed by atoms with Gasteiger partial charge < -0.3 is 19.5 Å². The van der Waals surface area contributed by atoms with Gasteiger partial charge in [0.05, 0.1) is 17.1 Å². The molecule has 4 fully saturated rings. The molecule has 3 atom stereocenters. The molecule has 0 bridgehead atoms. The summed E-state index contributed by atoms with van der Waals surface area (Å²) in [5.74, 6) is 1.52. The van der Waals surface area contributed by atoms with Crippen molar-refractivity contribution in [3.05, 3.63) is 41.5 Å². The van der Waals surface area contributed by atoms with Crippen molar-refractivity contribution in [3.8, 4) is 41.2 Å². The zero-order chi connectivity index (χ0) is 32.1. The first-order valence-corrected chi connectivity index (χ1v) is 16.6. The fourth-order valence-electron chi connectivity index (χ4n) is 8.98. The van der Waals surface area contributed by atoms with Crippen molar-refractivity contribution in [1.29, 1.82) is 0 Å². The molecular weight excluding hydrogens is 607 g/mol. The second kappa shape index (κ2) is 10.3. The summed E-state index contributed by atoms with van der Waals surface area (Å²) in [7, 11) is 0. The highest BCUT2D eigenvalue weighted by atomic mass is 19.1. The molecule has 47 heavy (non-hydrogen) atoms. The number of nitrogens with zero attached hydrogens (tertiary/aromatic N) is 5. The lowest BCUT2D eigenvalue weighted by molar-refractivity contribution is -0.0381. The van der Waals surface area contributed by atoms with Crippen molar-refractivity contribution in [2.75, 3.05) is 31.1 Å². The molecule has 1 aliphatic carbocycles. The minimum absolute atomic E-state index is 0.00282. The second-order valence-electron chi connectivity index (χ2n) is 13.9. The topological polar surface area (TPSA) is 83.8 Å². The van der Waals surface area contributed by atoms with Crippen LogP contribution in [0.15, 0.2) is 24.3 Å². The number of halogens is 3. The lowest BCUT2D eigenvalue weighted by Gasteiger charge is -2.51. The number of terminal acetylenes is 1. The molecule has 0 unspecified atom stereocenters. The van der Waals surface area contributed by atoms with Crippen LogP contribution in [0.4, 0.5) is 19.0 Å². The average Bonchev–Trinajstić information content (AvgIpc) is 3.53. The number of pyridine rings is 1. The lowest BCUT2D eigenvalue weighted by Crippen LogP contribution is -2.61. The number of aromatic nitrogens is 3. The highest BCUT2D eigenvalue weighted by Crippen LogP contribution is 2.52. The Labute approximate surface area is 269 Å². The van der Waals surface area contributed by atoms with E-state index in [0.717, 1.165) is 57.9 Å². The van der Waals surface area contributed by atoms with Crippen LogP contribution in [-0.2, 0) is 0 Å². The third-order valence-electron chi connectivity index (χ3n) is 11.3. The minimum Gasteiger partial charge on any atom is -0.508 e. The van der Waals surface area contributed by atoms with Crippen LogP contribution in [-0.4, -0.2) is 74.6 Å². The van der Waals surface area contributed by atoms with E-state index in [1.54, 1.807) is 0 Å². The SMILES string of the molecule is C#Cc1c(F)ccc2cc(O)cc(-c3nc4c5c(nc(OC[C@@]67CCCN6C[C@H](F)C7)nc5c3F)N3CCCC[C@H]3C3(CCC3)O4)c12. The molecule has 242 valence electrons. The molecule has 9 rings (SSSR count). The Balaban J connectivity index is 1.27. The number of fused-ring (bicyclic) bond motifs is 5. The number of hydrogen-bond acceptors (Lipinski definition) is 8. The number of aromatic hydroxyl groups is 1. The molecule has 4 aromatic rings. The quantitative estimate of drug-likeness (QED) is 0.255. The zero-order valence-corrected chi connectivity index (χ0v) is 25.9. The fourth-order valence-corrected chi connectivity index (χ4v) is 8.98. The normalized spacial score (nSPS) is 26.0. The van der Waals surface area contributed by atoms with E-state index >= 15 is 8.78 Å². The van der Waals surface area contributed by atoms with E-state index in [0.29, 0.717) is 36.1 Å². The Morgan fingerprint density at radius 1 is 1.04 bits per heavy atom. The molecule has 3 saturated heterocycles. The molecule has 6 heterocycles. The number of piperidine rings is 1. The van der Waals surface area contributed by atoms with E-state index in [2.05, 4.69) is 20.7 Å². The summed E-state index contributed by atoms with van der Waals surface area (Å²) in [4.78, 5) is 18.7. The second-order valence-corrected chi connectivity index (χ2v) is 13.9. The Bertz CT molecular complexity index is 2010. The monoisotopic (exact) mass is 641 g/mol. The number of benzene rings is 2. The third-order valence-corrected chi connectivity index (χ3v) is 11.3. The van der Waals surface area contributed by atoms with Crippen molar-refractivity contribution >= 4 is 27.5 Å². The van der Waals surface area contributed by atoms with Gasteiger partial charge in [-0.25, -0.2) is 18.2 Å². The van der Waals surface area contributed by atoms with Gasteiger partial charge in [-0.15, -0.1) is 6.42 Å². The highest BCUT2D eigenvalue weighted by molar-refractivity contribution is 6.04. The van der Waals surface area contributed by atoms with Gasteiger partial charge in [0.25, 0.3) is 0 Å². The van der Waals surface area contributed by atoms with Crippen molar-refractivity contribution in [1.82, 2.24) is 19.9 Å². The van der Waals surface area contributed by atoms with Crippen LogP contribution in [0, 0.1) is 24.0 Å². The maximum absolute atomic E-state index is 17.1. The van der Waals surface area contributed by atoms with Crippen LogP contribution in [0.3, 0.4) is 0 Å². The van der Waals surface area contributed by atoms with Crippen LogP contribution >= 0.6 is 0 Å². The van der Waals surface area contributed by atoms with Gasteiger partial charge in [0, 0.05) is 30.5 Å². The standard InChI is InChI=1S/C36H34F3N5O3/c1-2-23-25(38)9-8-20-15-22(45)16-24(27(20)23)30-29(39)31-28-32(42-34(41-31)46-19-35-10-6-13-43(35)18-21(37)17-35)44-14-4-3-7-26(44)36(11-5-12-36)47-33(28)40-30/h1,8-9,15-16,21,26,45H,3-7,10-14,17-19H2/t21-,26+,35+/m1/s1. The van der Waals surface area contributed by atoms with Crippen LogP contribution < -0.4 is 14.4 Å². The Hall–Kier alpha value is -4.30. The molecule has 1 saturated carbocycles. The van der Waals surface area contributed by atoms with E-state index in [1.165, 1.54) is 24.3 Å². The first-order chi connectivity index (χ1) is 22.8. The van der Waals surface area contributed by atoms with Gasteiger partial charge in [-0.2, -0.15) is 9.97 Å². The molecule has 1 N–H and O–H groups in total. The largest absolute Gasteiger partial charge is 0.508 e. The number of phenolic OH excluding ortho intramolecular Hbond substituents is 1. The van der Waals surface area contributed by atoms with E-state index in [9.17, 15) is 9.50 Å². The maximum Gasteiger partial charge on any atom is 0.319 e. The lowest BCUT2D eigenvalue weighted by atomic mass is 9.71. The first kappa shape index (κ1) is 28.9. The molecule has 0 amide bonds. The van der Waals surface area contributed by atoms with Crippen LogP contribution in [0.1, 0.15) is 63.4 Å². The number of alkyl halides is 1. The van der Waals surface area contributed by atoms with Crippen molar-refractivity contribution in [2.45, 2.75) is 81.1 Å². The summed E-state index contributed by atoms with van der Waals surface area (Å²) < 4.78 is 59.9.